The third kappa shape index (κ3) is 11.0. The van der Waals surface area contributed by atoms with Gasteiger partial charge < -0.3 is 19.7 Å². The number of aryl methyl sites for hydroxylation is 1. The number of aromatic carboxylic acids is 1. The summed E-state index contributed by atoms with van der Waals surface area (Å²) >= 11 is 0. The van der Waals surface area contributed by atoms with Gasteiger partial charge in [-0.2, -0.15) is 0 Å². The summed E-state index contributed by atoms with van der Waals surface area (Å²) in [6.07, 6.45) is 0.0622. The number of rotatable bonds is 16. The molecule has 2 N–H and O–H groups in total. The molecule has 0 radical (unpaired) electrons. The second kappa shape index (κ2) is 15.8. The lowest BCUT2D eigenvalue weighted by molar-refractivity contribution is -0.274. The number of hydrogen-bond acceptors (Lipinski definition) is 4. The molecule has 1 atom stereocenters. The van der Waals surface area contributed by atoms with Gasteiger partial charge in [-0.25, -0.2) is 4.79 Å². The first-order valence-electron chi connectivity index (χ1n) is 14.8. The molecule has 1 unspecified atom stereocenters. The normalized spacial score (nSPS) is 12.0. The standard InChI is InChI=1S/C36H35F3O6/c37-36(38,39)45-32-21-19-29(20-22-32)28-14-12-27(13-15-28)24-44-33-7-3-2-6-30(33)16-9-25(5-1-4-8-34(40)41)23-26-10-17-31(18-11-26)35(42)43/h2-3,6-7,10-15,17-22,25H,1,4-5,8-9,16,23-24H2,(H,40,41)(H,42,43). The lowest BCUT2D eigenvalue weighted by atomic mass is 9.88. The van der Waals surface area contributed by atoms with Crippen LogP contribution in [0.4, 0.5) is 13.2 Å². The molecule has 0 aliphatic heterocycles. The van der Waals surface area contributed by atoms with Gasteiger partial charge in [0.25, 0.3) is 0 Å². The summed E-state index contributed by atoms with van der Waals surface area (Å²) in [4.78, 5) is 22.2. The van der Waals surface area contributed by atoms with Crippen LogP contribution in [0.5, 0.6) is 11.5 Å². The number of halogens is 3. The Hall–Kier alpha value is -4.79. The van der Waals surface area contributed by atoms with Gasteiger partial charge in [-0.15, -0.1) is 13.2 Å². The minimum Gasteiger partial charge on any atom is -0.489 e. The van der Waals surface area contributed by atoms with Crippen molar-refractivity contribution >= 4 is 11.9 Å². The Morgan fingerprint density at radius 3 is 1.98 bits per heavy atom. The number of benzene rings is 4. The van der Waals surface area contributed by atoms with E-state index in [4.69, 9.17) is 9.84 Å². The van der Waals surface area contributed by atoms with Crippen molar-refractivity contribution in [3.05, 3.63) is 119 Å². The van der Waals surface area contributed by atoms with E-state index < -0.39 is 18.3 Å². The Morgan fingerprint density at radius 2 is 1.36 bits per heavy atom. The highest BCUT2D eigenvalue weighted by Crippen LogP contribution is 2.29. The monoisotopic (exact) mass is 620 g/mol. The van der Waals surface area contributed by atoms with Gasteiger partial charge in [0.15, 0.2) is 0 Å². The molecule has 4 aromatic rings. The van der Waals surface area contributed by atoms with Crippen molar-refractivity contribution in [2.75, 3.05) is 0 Å². The number of unbranched alkanes of at least 4 members (excludes halogenated alkanes) is 1. The highest BCUT2D eigenvalue weighted by atomic mass is 19.4. The van der Waals surface area contributed by atoms with E-state index in [1.54, 1.807) is 24.3 Å². The molecule has 9 heteroatoms. The number of alkyl halides is 3. The van der Waals surface area contributed by atoms with Crippen LogP contribution in [0.1, 0.15) is 59.2 Å². The zero-order valence-electron chi connectivity index (χ0n) is 24.6. The van der Waals surface area contributed by atoms with E-state index >= 15 is 0 Å². The predicted molar refractivity (Wildman–Crippen MR) is 164 cm³/mol. The Morgan fingerprint density at radius 1 is 0.733 bits per heavy atom. The van der Waals surface area contributed by atoms with E-state index in [2.05, 4.69) is 4.74 Å². The number of carboxylic acid groups (broad SMARTS) is 2. The summed E-state index contributed by atoms with van der Waals surface area (Å²) in [6.45, 7) is 0.337. The summed E-state index contributed by atoms with van der Waals surface area (Å²) in [7, 11) is 0. The number of para-hydroxylation sites is 1. The Bertz CT molecular complexity index is 1530. The molecule has 0 fully saturated rings. The number of hydrogen-bond donors (Lipinski definition) is 2. The van der Waals surface area contributed by atoms with Crippen molar-refractivity contribution in [1.82, 2.24) is 0 Å². The van der Waals surface area contributed by atoms with Crippen molar-refractivity contribution in [2.24, 2.45) is 5.92 Å². The molecule has 0 aliphatic rings. The van der Waals surface area contributed by atoms with Gasteiger partial charge in [-0.05, 0) is 89.8 Å². The first kappa shape index (κ1) is 33.1. The second-order valence-electron chi connectivity index (χ2n) is 10.9. The van der Waals surface area contributed by atoms with Crippen LogP contribution in [0.25, 0.3) is 11.1 Å². The van der Waals surface area contributed by atoms with Crippen LogP contribution in [0.2, 0.25) is 0 Å². The molecule has 4 rings (SSSR count). The molecular weight excluding hydrogens is 585 g/mol. The third-order valence-electron chi connectivity index (χ3n) is 7.54. The lowest BCUT2D eigenvalue weighted by Gasteiger charge is -2.19. The van der Waals surface area contributed by atoms with Crippen molar-refractivity contribution < 1.29 is 42.4 Å². The molecule has 0 amide bonds. The van der Waals surface area contributed by atoms with Crippen LogP contribution in [0.15, 0.2) is 97.1 Å². The molecule has 0 bridgehead atoms. The minimum absolute atomic E-state index is 0.140. The van der Waals surface area contributed by atoms with Gasteiger partial charge in [0, 0.05) is 6.42 Å². The first-order valence-corrected chi connectivity index (χ1v) is 14.8. The van der Waals surface area contributed by atoms with Crippen LogP contribution in [0, 0.1) is 5.92 Å². The van der Waals surface area contributed by atoms with Gasteiger partial charge in [0.1, 0.15) is 18.1 Å². The number of carbonyl (C=O) groups is 2. The van der Waals surface area contributed by atoms with Crippen LogP contribution in [0.3, 0.4) is 0 Å². The number of aliphatic carboxylic acids is 1. The molecular formula is C36H35F3O6. The summed E-state index contributed by atoms with van der Waals surface area (Å²) in [6, 6.07) is 28.1. The fraction of sp³-hybridized carbons (Fsp3) is 0.278. The average Bonchev–Trinajstić information content (AvgIpc) is 3.01. The molecule has 0 aromatic heterocycles. The number of carboxylic acids is 2. The van der Waals surface area contributed by atoms with Gasteiger partial charge in [0.2, 0.25) is 0 Å². The zero-order valence-corrected chi connectivity index (χ0v) is 24.6. The van der Waals surface area contributed by atoms with Gasteiger partial charge in [0.05, 0.1) is 5.56 Å². The zero-order chi connectivity index (χ0) is 32.2. The summed E-state index contributed by atoms with van der Waals surface area (Å²) in [5, 5.41) is 18.2. The summed E-state index contributed by atoms with van der Waals surface area (Å²) in [5.74, 6) is -0.979. The van der Waals surface area contributed by atoms with E-state index in [-0.39, 0.29) is 23.7 Å². The molecule has 0 saturated heterocycles. The van der Waals surface area contributed by atoms with Crippen LogP contribution < -0.4 is 9.47 Å². The molecule has 236 valence electrons. The Kier molecular flexibility index (Phi) is 11.6. The lowest BCUT2D eigenvalue weighted by Crippen LogP contribution is -2.16. The SMILES string of the molecule is O=C(O)CCCCC(CCc1ccccc1OCc1ccc(-c2ccc(OC(F)(F)F)cc2)cc1)Cc1ccc(C(=O)O)cc1. The fourth-order valence-corrected chi connectivity index (χ4v) is 5.19. The van der Waals surface area contributed by atoms with Crippen molar-refractivity contribution in [2.45, 2.75) is 57.9 Å². The Balaban J connectivity index is 1.36. The van der Waals surface area contributed by atoms with Crippen LogP contribution in [-0.2, 0) is 24.2 Å². The molecule has 0 aliphatic carbocycles. The first-order chi connectivity index (χ1) is 21.6. The molecule has 6 nitrogen and oxygen atoms in total. The second-order valence-corrected chi connectivity index (χ2v) is 10.9. The largest absolute Gasteiger partial charge is 0.573 e. The summed E-state index contributed by atoms with van der Waals surface area (Å²) in [5.41, 5.74) is 4.90. The molecule has 0 spiro atoms. The van der Waals surface area contributed by atoms with Gasteiger partial charge in [-0.3, -0.25) is 4.79 Å². The van der Waals surface area contributed by atoms with Gasteiger partial charge in [-0.1, -0.05) is 79.6 Å². The van der Waals surface area contributed by atoms with Crippen LogP contribution >= 0.6 is 0 Å². The van der Waals surface area contributed by atoms with Crippen LogP contribution in [-0.4, -0.2) is 28.5 Å². The molecule has 0 saturated carbocycles. The minimum atomic E-state index is -4.73. The molecule has 45 heavy (non-hydrogen) atoms. The number of ether oxygens (including phenoxy) is 2. The average molecular weight is 621 g/mol. The fourth-order valence-electron chi connectivity index (χ4n) is 5.19. The smallest absolute Gasteiger partial charge is 0.489 e. The van der Waals surface area contributed by atoms with Crippen molar-refractivity contribution in [3.63, 3.8) is 0 Å². The molecule has 0 heterocycles. The molecule has 4 aromatic carbocycles. The van der Waals surface area contributed by atoms with E-state index in [0.717, 1.165) is 65.7 Å². The maximum atomic E-state index is 12.4. The van der Waals surface area contributed by atoms with E-state index in [0.29, 0.717) is 13.0 Å². The van der Waals surface area contributed by atoms with Crippen molar-refractivity contribution in [1.29, 1.82) is 0 Å². The van der Waals surface area contributed by atoms with E-state index in [9.17, 15) is 27.9 Å². The topological polar surface area (TPSA) is 93.1 Å². The maximum absolute atomic E-state index is 12.4. The highest BCUT2D eigenvalue weighted by Gasteiger charge is 2.31. The van der Waals surface area contributed by atoms with Gasteiger partial charge >= 0.3 is 18.3 Å². The van der Waals surface area contributed by atoms with E-state index in [1.165, 1.54) is 12.1 Å². The van der Waals surface area contributed by atoms with Crippen molar-refractivity contribution in [3.8, 4) is 22.6 Å². The third-order valence-corrected chi connectivity index (χ3v) is 7.54. The van der Waals surface area contributed by atoms with E-state index in [1.807, 2.05) is 60.7 Å². The summed E-state index contributed by atoms with van der Waals surface area (Å²) < 4.78 is 47.4. The maximum Gasteiger partial charge on any atom is 0.573 e. The highest BCUT2D eigenvalue weighted by molar-refractivity contribution is 5.87. The predicted octanol–water partition coefficient (Wildman–Crippen LogP) is 8.97. The Labute approximate surface area is 260 Å². The quantitative estimate of drug-likeness (QED) is 0.122.